The molecule has 0 aliphatic carbocycles. The Bertz CT molecular complexity index is 930. The molecule has 0 atom stereocenters. The zero-order valence-electron chi connectivity index (χ0n) is 15.3. The van der Waals surface area contributed by atoms with E-state index in [0.717, 1.165) is 6.07 Å². The van der Waals surface area contributed by atoms with Gasteiger partial charge in [0.05, 0.1) is 29.4 Å². The molecule has 1 fully saturated rings. The number of benzene rings is 2. The van der Waals surface area contributed by atoms with Crippen LogP contribution in [0.5, 0.6) is 0 Å². The minimum absolute atomic E-state index is 0.0247. The summed E-state index contributed by atoms with van der Waals surface area (Å²) in [7, 11) is 0. The largest absolute Gasteiger partial charge is 0.452 e. The second-order valence-corrected chi connectivity index (χ2v) is 6.63. The monoisotopic (exact) mass is 419 g/mol. The zero-order valence-corrected chi connectivity index (χ0v) is 16.1. The van der Waals surface area contributed by atoms with E-state index in [1.165, 1.54) is 12.1 Å². The van der Waals surface area contributed by atoms with E-state index in [-0.39, 0.29) is 11.3 Å². The smallest absolute Gasteiger partial charge is 0.341 e. The first-order valence-corrected chi connectivity index (χ1v) is 9.15. The Morgan fingerprint density at radius 1 is 1.21 bits per heavy atom. The SMILES string of the molecule is O=C(COC(=O)c1cc([N+](=O)[O-])ccc1N1CCOCC1)Nc1cccc(Cl)c1. The molecule has 0 spiro atoms. The predicted octanol–water partition coefficient (Wildman–Crippen LogP) is 2.88. The van der Waals surface area contributed by atoms with Gasteiger partial charge in [-0.05, 0) is 24.3 Å². The topological polar surface area (TPSA) is 111 Å². The number of hydrogen-bond acceptors (Lipinski definition) is 7. The van der Waals surface area contributed by atoms with Gasteiger partial charge in [0.15, 0.2) is 6.61 Å². The molecule has 0 bridgehead atoms. The van der Waals surface area contributed by atoms with Crippen LogP contribution in [0.25, 0.3) is 0 Å². The number of rotatable bonds is 6. The van der Waals surface area contributed by atoms with Crippen molar-refractivity contribution >= 4 is 40.5 Å². The fraction of sp³-hybridized carbons (Fsp3) is 0.263. The number of anilines is 2. The molecule has 1 aliphatic heterocycles. The maximum absolute atomic E-state index is 12.6. The lowest BCUT2D eigenvalue weighted by atomic mass is 10.1. The number of carbonyl (C=O) groups excluding carboxylic acids is 2. The van der Waals surface area contributed by atoms with E-state index >= 15 is 0 Å². The van der Waals surface area contributed by atoms with E-state index in [9.17, 15) is 19.7 Å². The Morgan fingerprint density at radius 2 is 1.97 bits per heavy atom. The maximum atomic E-state index is 12.6. The van der Waals surface area contributed by atoms with Crippen LogP contribution in [0.1, 0.15) is 10.4 Å². The van der Waals surface area contributed by atoms with E-state index in [4.69, 9.17) is 21.1 Å². The molecular weight excluding hydrogens is 402 g/mol. The summed E-state index contributed by atoms with van der Waals surface area (Å²) in [5.41, 5.74) is 0.746. The van der Waals surface area contributed by atoms with Gasteiger partial charge in [0.2, 0.25) is 0 Å². The van der Waals surface area contributed by atoms with Crippen LogP contribution in [0.15, 0.2) is 42.5 Å². The van der Waals surface area contributed by atoms with Crippen molar-refractivity contribution in [2.75, 3.05) is 43.1 Å². The molecule has 29 heavy (non-hydrogen) atoms. The highest BCUT2D eigenvalue weighted by Gasteiger charge is 2.23. The zero-order chi connectivity index (χ0) is 20.8. The number of nitro groups is 1. The summed E-state index contributed by atoms with van der Waals surface area (Å²) in [6, 6.07) is 10.5. The molecule has 0 unspecified atom stereocenters. The van der Waals surface area contributed by atoms with Crippen LogP contribution in [-0.2, 0) is 14.3 Å². The molecular formula is C19H18ClN3O6. The number of esters is 1. The second kappa shape index (κ2) is 9.35. The maximum Gasteiger partial charge on any atom is 0.341 e. The Balaban J connectivity index is 1.71. The number of halogens is 1. The number of ether oxygens (including phenoxy) is 2. The number of non-ortho nitro benzene ring substituents is 1. The number of nitrogens with zero attached hydrogens (tertiary/aromatic N) is 2. The summed E-state index contributed by atoms with van der Waals surface area (Å²) in [6.07, 6.45) is 0. The average molecular weight is 420 g/mol. The number of carbonyl (C=O) groups is 2. The van der Waals surface area contributed by atoms with Gasteiger partial charge in [0.1, 0.15) is 0 Å². The van der Waals surface area contributed by atoms with Crippen LogP contribution < -0.4 is 10.2 Å². The highest BCUT2D eigenvalue weighted by atomic mass is 35.5. The fourth-order valence-corrected chi connectivity index (χ4v) is 3.04. The van der Waals surface area contributed by atoms with E-state index in [0.29, 0.717) is 42.7 Å². The second-order valence-electron chi connectivity index (χ2n) is 6.19. The summed E-state index contributed by atoms with van der Waals surface area (Å²) in [4.78, 5) is 37.0. The minimum atomic E-state index is -0.823. The van der Waals surface area contributed by atoms with Crippen LogP contribution in [0.4, 0.5) is 17.1 Å². The van der Waals surface area contributed by atoms with Crippen molar-refractivity contribution in [2.45, 2.75) is 0 Å². The normalized spacial score (nSPS) is 13.6. The molecule has 1 amide bonds. The summed E-state index contributed by atoms with van der Waals surface area (Å²) in [5.74, 6) is -1.38. The standard InChI is InChI=1S/C19H18ClN3O6/c20-13-2-1-3-14(10-13)21-18(24)12-29-19(25)16-11-15(23(26)27)4-5-17(16)22-6-8-28-9-7-22/h1-5,10-11H,6-9,12H2,(H,21,24). The molecule has 0 radical (unpaired) electrons. The Hall–Kier alpha value is -3.17. The van der Waals surface area contributed by atoms with Crippen LogP contribution in [-0.4, -0.2) is 49.7 Å². The van der Waals surface area contributed by atoms with Gasteiger partial charge in [0.25, 0.3) is 11.6 Å². The highest BCUT2D eigenvalue weighted by Crippen LogP contribution is 2.27. The van der Waals surface area contributed by atoms with Gasteiger partial charge in [-0.25, -0.2) is 4.79 Å². The first-order valence-electron chi connectivity index (χ1n) is 8.78. The predicted molar refractivity (Wildman–Crippen MR) is 106 cm³/mol. The molecule has 9 nitrogen and oxygen atoms in total. The Kier molecular flexibility index (Phi) is 6.63. The van der Waals surface area contributed by atoms with Gasteiger partial charge in [-0.3, -0.25) is 14.9 Å². The Morgan fingerprint density at radius 3 is 2.66 bits per heavy atom. The molecule has 1 N–H and O–H groups in total. The van der Waals surface area contributed by atoms with Crippen molar-refractivity contribution in [3.05, 3.63) is 63.2 Å². The lowest BCUT2D eigenvalue weighted by Gasteiger charge is -2.30. The Labute approximate surface area is 171 Å². The van der Waals surface area contributed by atoms with E-state index < -0.39 is 23.4 Å². The molecule has 0 aromatic heterocycles. The van der Waals surface area contributed by atoms with E-state index in [1.807, 2.05) is 4.90 Å². The molecule has 2 aromatic rings. The molecule has 1 heterocycles. The summed E-state index contributed by atoms with van der Waals surface area (Å²) >= 11 is 5.86. The van der Waals surface area contributed by atoms with Crippen molar-refractivity contribution < 1.29 is 24.0 Å². The molecule has 2 aromatic carbocycles. The number of hydrogen-bond donors (Lipinski definition) is 1. The van der Waals surface area contributed by atoms with Gasteiger partial charge in [-0.15, -0.1) is 0 Å². The van der Waals surface area contributed by atoms with Gasteiger partial charge in [0, 0.05) is 35.9 Å². The van der Waals surface area contributed by atoms with Gasteiger partial charge in [-0.2, -0.15) is 0 Å². The average Bonchev–Trinajstić information content (AvgIpc) is 2.72. The fourth-order valence-electron chi connectivity index (χ4n) is 2.85. The molecule has 3 rings (SSSR count). The number of morpholine rings is 1. The number of nitro benzene ring substituents is 1. The van der Waals surface area contributed by atoms with Gasteiger partial charge in [-0.1, -0.05) is 17.7 Å². The lowest BCUT2D eigenvalue weighted by Crippen LogP contribution is -2.37. The van der Waals surface area contributed by atoms with Crippen molar-refractivity contribution in [1.29, 1.82) is 0 Å². The van der Waals surface area contributed by atoms with Crippen molar-refractivity contribution in [1.82, 2.24) is 0 Å². The third-order valence-electron chi connectivity index (χ3n) is 4.21. The molecule has 10 heteroatoms. The van der Waals surface area contributed by atoms with Crippen molar-refractivity contribution in [3.63, 3.8) is 0 Å². The van der Waals surface area contributed by atoms with Crippen LogP contribution in [0, 0.1) is 10.1 Å². The van der Waals surface area contributed by atoms with Gasteiger partial charge < -0.3 is 19.7 Å². The van der Waals surface area contributed by atoms with Crippen molar-refractivity contribution in [3.8, 4) is 0 Å². The van der Waals surface area contributed by atoms with E-state index in [2.05, 4.69) is 5.32 Å². The first-order chi connectivity index (χ1) is 13.9. The summed E-state index contributed by atoms with van der Waals surface area (Å²) in [6.45, 7) is 1.48. The lowest BCUT2D eigenvalue weighted by molar-refractivity contribution is -0.384. The molecule has 1 aliphatic rings. The van der Waals surface area contributed by atoms with Gasteiger partial charge >= 0.3 is 5.97 Å². The van der Waals surface area contributed by atoms with Crippen LogP contribution in [0.3, 0.4) is 0 Å². The quantitative estimate of drug-likeness (QED) is 0.435. The third-order valence-corrected chi connectivity index (χ3v) is 4.44. The molecule has 1 saturated heterocycles. The van der Waals surface area contributed by atoms with Crippen molar-refractivity contribution in [2.24, 2.45) is 0 Å². The summed E-state index contributed by atoms with van der Waals surface area (Å²) in [5, 5.41) is 14.1. The number of amides is 1. The van der Waals surface area contributed by atoms with Crippen LogP contribution in [0.2, 0.25) is 5.02 Å². The van der Waals surface area contributed by atoms with Crippen LogP contribution >= 0.6 is 11.6 Å². The molecule has 0 saturated carbocycles. The minimum Gasteiger partial charge on any atom is -0.452 e. The highest BCUT2D eigenvalue weighted by molar-refractivity contribution is 6.30. The summed E-state index contributed by atoms with van der Waals surface area (Å²) < 4.78 is 10.4. The number of nitrogens with one attached hydrogen (secondary N) is 1. The molecule has 152 valence electrons. The van der Waals surface area contributed by atoms with E-state index in [1.54, 1.807) is 24.3 Å². The third kappa shape index (κ3) is 5.43. The first kappa shape index (κ1) is 20.6.